The number of methoxy groups -OCH3 is 1. The summed E-state index contributed by atoms with van der Waals surface area (Å²) < 4.78 is 5.20. The van der Waals surface area contributed by atoms with Gasteiger partial charge in [-0.25, -0.2) is 5.43 Å². The number of hydrogen-bond acceptors (Lipinski definition) is 4. The topological polar surface area (TPSA) is 60.2 Å². The highest BCUT2D eigenvalue weighted by Gasteiger charge is 2.12. The summed E-state index contributed by atoms with van der Waals surface area (Å²) in [6.45, 7) is 0. The molecule has 0 saturated carbocycles. The molecule has 1 heterocycles. The molecular weight excluding hydrogens is 214 g/mol. The molecule has 0 bridgehead atoms. The van der Waals surface area contributed by atoms with Crippen LogP contribution in [0.3, 0.4) is 0 Å². The second-order valence-electron chi connectivity index (χ2n) is 3.66. The monoisotopic (exact) mass is 229 g/mol. The molecule has 2 aromatic rings. The van der Waals surface area contributed by atoms with Gasteiger partial charge in [0.25, 0.3) is 0 Å². The van der Waals surface area contributed by atoms with Crippen LogP contribution < -0.4 is 16.0 Å². The van der Waals surface area contributed by atoms with E-state index in [1.165, 1.54) is 0 Å². The van der Waals surface area contributed by atoms with E-state index in [1.54, 1.807) is 19.5 Å². The van der Waals surface area contributed by atoms with E-state index in [0.29, 0.717) is 0 Å². The largest absolute Gasteiger partial charge is 0.497 e. The Morgan fingerprint density at radius 2 is 2.06 bits per heavy atom. The zero-order valence-electron chi connectivity index (χ0n) is 9.63. The standard InChI is InChI=1S/C13H15N3O/c1-17-12-6-2-4-10(8-12)13(16-14)11-5-3-7-15-9-11/h2-9,13,16H,14H2,1H3. The van der Waals surface area contributed by atoms with Gasteiger partial charge in [-0.2, -0.15) is 0 Å². The van der Waals surface area contributed by atoms with E-state index in [-0.39, 0.29) is 6.04 Å². The molecule has 2 rings (SSSR count). The number of nitrogens with zero attached hydrogens (tertiary/aromatic N) is 1. The number of hydrogen-bond donors (Lipinski definition) is 2. The SMILES string of the molecule is COc1cccc(C(NN)c2cccnc2)c1. The average molecular weight is 229 g/mol. The lowest BCUT2D eigenvalue weighted by atomic mass is 10.0. The summed E-state index contributed by atoms with van der Waals surface area (Å²) in [7, 11) is 1.65. The molecule has 0 aliphatic heterocycles. The number of benzene rings is 1. The maximum atomic E-state index is 5.61. The summed E-state index contributed by atoms with van der Waals surface area (Å²) in [6.07, 6.45) is 3.53. The summed E-state index contributed by atoms with van der Waals surface area (Å²) in [4.78, 5) is 4.09. The molecule has 4 nitrogen and oxygen atoms in total. The number of nitrogens with two attached hydrogens (primary N) is 1. The number of aromatic nitrogens is 1. The third-order valence-electron chi connectivity index (χ3n) is 2.61. The van der Waals surface area contributed by atoms with Gasteiger partial charge < -0.3 is 4.74 Å². The Kier molecular flexibility index (Phi) is 3.69. The number of hydrazine groups is 1. The van der Waals surface area contributed by atoms with Crippen LogP contribution in [0.2, 0.25) is 0 Å². The number of nitrogens with one attached hydrogen (secondary N) is 1. The van der Waals surface area contributed by atoms with Crippen LogP contribution in [0.5, 0.6) is 5.75 Å². The molecule has 17 heavy (non-hydrogen) atoms. The van der Waals surface area contributed by atoms with Gasteiger partial charge >= 0.3 is 0 Å². The van der Waals surface area contributed by atoms with Gasteiger partial charge in [-0.05, 0) is 29.3 Å². The van der Waals surface area contributed by atoms with Crippen LogP contribution in [-0.4, -0.2) is 12.1 Å². The molecular formula is C13H15N3O. The van der Waals surface area contributed by atoms with Crippen molar-refractivity contribution in [3.63, 3.8) is 0 Å². The molecule has 1 aromatic carbocycles. The molecule has 0 radical (unpaired) electrons. The number of rotatable bonds is 4. The fourth-order valence-corrected chi connectivity index (χ4v) is 1.75. The average Bonchev–Trinajstić information content (AvgIpc) is 2.41. The van der Waals surface area contributed by atoms with Crippen molar-refractivity contribution in [2.24, 2.45) is 5.84 Å². The van der Waals surface area contributed by atoms with E-state index in [0.717, 1.165) is 16.9 Å². The molecule has 1 unspecified atom stereocenters. The predicted molar refractivity (Wildman–Crippen MR) is 66.4 cm³/mol. The molecule has 4 heteroatoms. The normalized spacial score (nSPS) is 12.1. The van der Waals surface area contributed by atoms with E-state index in [9.17, 15) is 0 Å². The lowest BCUT2D eigenvalue weighted by Gasteiger charge is -2.16. The van der Waals surface area contributed by atoms with E-state index in [2.05, 4.69) is 10.4 Å². The number of ether oxygens (including phenoxy) is 1. The third-order valence-corrected chi connectivity index (χ3v) is 2.61. The summed E-state index contributed by atoms with van der Waals surface area (Å²) in [6, 6.07) is 11.6. The van der Waals surface area contributed by atoms with Crippen molar-refractivity contribution in [2.75, 3.05) is 7.11 Å². The minimum atomic E-state index is -0.0844. The van der Waals surface area contributed by atoms with Gasteiger partial charge in [-0.15, -0.1) is 0 Å². The highest BCUT2D eigenvalue weighted by Crippen LogP contribution is 2.23. The predicted octanol–water partition coefficient (Wildman–Crippen LogP) is 1.64. The maximum absolute atomic E-state index is 5.61. The number of pyridine rings is 1. The highest BCUT2D eigenvalue weighted by atomic mass is 16.5. The quantitative estimate of drug-likeness (QED) is 0.618. The molecule has 1 atom stereocenters. The van der Waals surface area contributed by atoms with Gasteiger partial charge in [0.2, 0.25) is 0 Å². The Hall–Kier alpha value is -1.91. The van der Waals surface area contributed by atoms with Crippen molar-refractivity contribution >= 4 is 0 Å². The molecule has 0 fully saturated rings. The first kappa shape index (κ1) is 11.6. The second kappa shape index (κ2) is 5.43. The molecule has 0 aliphatic rings. The van der Waals surface area contributed by atoms with Gasteiger partial charge in [-0.1, -0.05) is 18.2 Å². The summed E-state index contributed by atoms with van der Waals surface area (Å²) >= 11 is 0. The molecule has 1 aromatic heterocycles. The Morgan fingerprint density at radius 3 is 2.71 bits per heavy atom. The molecule has 0 saturated heterocycles. The van der Waals surface area contributed by atoms with Gasteiger partial charge in [0, 0.05) is 12.4 Å². The summed E-state index contributed by atoms with van der Waals surface area (Å²) in [5, 5.41) is 0. The van der Waals surface area contributed by atoms with Gasteiger partial charge in [-0.3, -0.25) is 10.8 Å². The van der Waals surface area contributed by atoms with Crippen molar-refractivity contribution in [3.8, 4) is 5.75 Å². The van der Waals surface area contributed by atoms with E-state index >= 15 is 0 Å². The fourth-order valence-electron chi connectivity index (χ4n) is 1.75. The first-order valence-electron chi connectivity index (χ1n) is 5.35. The minimum Gasteiger partial charge on any atom is -0.497 e. The fraction of sp³-hybridized carbons (Fsp3) is 0.154. The summed E-state index contributed by atoms with van der Waals surface area (Å²) in [5.41, 5.74) is 4.85. The van der Waals surface area contributed by atoms with Crippen molar-refractivity contribution in [1.29, 1.82) is 0 Å². The van der Waals surface area contributed by atoms with E-state index < -0.39 is 0 Å². The first-order valence-corrected chi connectivity index (χ1v) is 5.35. The van der Waals surface area contributed by atoms with Crippen LogP contribution in [0.25, 0.3) is 0 Å². The van der Waals surface area contributed by atoms with Crippen LogP contribution in [0, 0.1) is 0 Å². The Balaban J connectivity index is 2.35. The molecule has 0 amide bonds. The van der Waals surface area contributed by atoms with E-state index in [1.807, 2.05) is 36.4 Å². The maximum Gasteiger partial charge on any atom is 0.119 e. The van der Waals surface area contributed by atoms with Gasteiger partial charge in [0.05, 0.1) is 13.2 Å². The Morgan fingerprint density at radius 1 is 1.24 bits per heavy atom. The van der Waals surface area contributed by atoms with Crippen LogP contribution in [0.1, 0.15) is 17.2 Å². The van der Waals surface area contributed by atoms with Crippen molar-refractivity contribution in [1.82, 2.24) is 10.4 Å². The molecule has 0 aliphatic carbocycles. The van der Waals surface area contributed by atoms with E-state index in [4.69, 9.17) is 10.6 Å². The zero-order chi connectivity index (χ0) is 12.1. The smallest absolute Gasteiger partial charge is 0.119 e. The minimum absolute atomic E-state index is 0.0844. The van der Waals surface area contributed by atoms with Crippen LogP contribution in [-0.2, 0) is 0 Å². The van der Waals surface area contributed by atoms with Gasteiger partial charge in [0.15, 0.2) is 0 Å². The van der Waals surface area contributed by atoms with Crippen molar-refractivity contribution in [3.05, 3.63) is 59.9 Å². The second-order valence-corrected chi connectivity index (χ2v) is 3.66. The molecule has 88 valence electrons. The van der Waals surface area contributed by atoms with Crippen molar-refractivity contribution in [2.45, 2.75) is 6.04 Å². The first-order chi connectivity index (χ1) is 8.35. The molecule has 3 N–H and O–H groups in total. The highest BCUT2D eigenvalue weighted by molar-refractivity contribution is 5.35. The van der Waals surface area contributed by atoms with Crippen LogP contribution >= 0.6 is 0 Å². The lowest BCUT2D eigenvalue weighted by Crippen LogP contribution is -2.28. The van der Waals surface area contributed by atoms with Gasteiger partial charge in [0.1, 0.15) is 5.75 Å². The van der Waals surface area contributed by atoms with Crippen molar-refractivity contribution < 1.29 is 4.74 Å². The Bertz CT molecular complexity index is 473. The zero-order valence-corrected chi connectivity index (χ0v) is 9.63. The van der Waals surface area contributed by atoms with Crippen LogP contribution in [0.15, 0.2) is 48.8 Å². The molecule has 0 spiro atoms. The Labute approximate surface area is 100 Å². The third kappa shape index (κ3) is 2.61. The summed E-state index contributed by atoms with van der Waals surface area (Å²) in [5.74, 6) is 6.42. The van der Waals surface area contributed by atoms with Crippen LogP contribution in [0.4, 0.5) is 0 Å². The lowest BCUT2D eigenvalue weighted by molar-refractivity contribution is 0.413.